The van der Waals surface area contributed by atoms with E-state index in [0.29, 0.717) is 0 Å². The molecule has 3 atom stereocenters. The van der Waals surface area contributed by atoms with Gasteiger partial charge in [-0.3, -0.25) is 14.4 Å². The van der Waals surface area contributed by atoms with Crippen LogP contribution in [0.15, 0.2) is 0 Å². The molecule has 0 fully saturated rings. The van der Waals surface area contributed by atoms with Gasteiger partial charge in [-0.05, 0) is 20.8 Å². The monoisotopic (exact) mass is 508 g/mol. The van der Waals surface area contributed by atoms with Crippen molar-refractivity contribution in [3.05, 3.63) is 0 Å². The number of carboxylic acids is 3. The molecular weight excluding hydrogens is 479 g/mol. The first-order valence-corrected chi connectivity index (χ1v) is 8.80. The Kier molecular flexibility index (Phi) is 30.5. The summed E-state index contributed by atoms with van der Waals surface area (Å²) in [4.78, 5) is 59.9. The molecule has 0 saturated carbocycles. The Balaban J connectivity index is -0.0000000929. The zero-order chi connectivity index (χ0) is 24.3. The summed E-state index contributed by atoms with van der Waals surface area (Å²) in [5.74, 6) is -7.92. The second kappa shape index (κ2) is 23.5. The molecule has 170 valence electrons. The SMILES string of the molecule is CC(=O)C(C)C(=O)[O-].CC(=O)C(C)C(=O)[O-].CC(=O)C(C)C(=O)[O-].CCCC[O-].[Zr+4]. The minimum absolute atomic E-state index is 0. The normalized spacial score (nSPS) is 11.6. The van der Waals surface area contributed by atoms with Crippen LogP contribution in [0.2, 0.25) is 0 Å². The van der Waals surface area contributed by atoms with Crippen LogP contribution in [0.1, 0.15) is 61.3 Å². The van der Waals surface area contributed by atoms with Crippen LogP contribution in [0, 0.1) is 17.8 Å². The molecule has 10 nitrogen and oxygen atoms in total. The summed E-state index contributed by atoms with van der Waals surface area (Å²) >= 11 is 0. The van der Waals surface area contributed by atoms with Crippen molar-refractivity contribution < 1.29 is 75.4 Å². The Hall–Kier alpha value is -1.74. The Morgan fingerprint density at radius 1 is 0.633 bits per heavy atom. The van der Waals surface area contributed by atoms with Gasteiger partial charge in [0.2, 0.25) is 0 Å². The van der Waals surface area contributed by atoms with E-state index in [0.717, 1.165) is 12.8 Å². The third-order valence-corrected chi connectivity index (χ3v) is 3.39. The molecular formula is C19H30O10Zr. The molecule has 11 heteroatoms. The summed E-state index contributed by atoms with van der Waals surface area (Å²) in [6, 6.07) is 0. The van der Waals surface area contributed by atoms with E-state index in [9.17, 15) is 49.2 Å². The molecule has 0 spiro atoms. The third kappa shape index (κ3) is 28.5. The number of carbonyl (C=O) groups excluding carboxylic acids is 6. The molecule has 0 N–H and O–H groups in total. The molecule has 30 heavy (non-hydrogen) atoms. The Morgan fingerprint density at radius 2 is 0.833 bits per heavy atom. The smallest absolute Gasteiger partial charge is 0.854 e. The summed E-state index contributed by atoms with van der Waals surface area (Å²) in [5, 5.41) is 39.0. The van der Waals surface area contributed by atoms with E-state index in [1.807, 2.05) is 6.92 Å². The van der Waals surface area contributed by atoms with Crippen molar-refractivity contribution in [3.63, 3.8) is 0 Å². The van der Waals surface area contributed by atoms with E-state index in [2.05, 4.69) is 0 Å². The van der Waals surface area contributed by atoms with Crippen LogP contribution in [-0.2, 0) is 55.0 Å². The molecule has 0 aliphatic heterocycles. The van der Waals surface area contributed by atoms with Crippen LogP contribution in [0.3, 0.4) is 0 Å². The zero-order valence-electron chi connectivity index (χ0n) is 18.4. The summed E-state index contributed by atoms with van der Waals surface area (Å²) in [7, 11) is 0. The van der Waals surface area contributed by atoms with Crippen LogP contribution < -0.4 is 20.4 Å². The van der Waals surface area contributed by atoms with Crippen molar-refractivity contribution in [2.24, 2.45) is 17.8 Å². The predicted octanol–water partition coefficient (Wildman–Crippen LogP) is -2.97. The van der Waals surface area contributed by atoms with Gasteiger partial charge in [0.15, 0.2) is 0 Å². The van der Waals surface area contributed by atoms with E-state index in [-0.39, 0.29) is 50.2 Å². The number of rotatable bonds is 8. The van der Waals surface area contributed by atoms with Crippen LogP contribution in [-0.4, -0.2) is 41.9 Å². The number of carbonyl (C=O) groups is 6. The number of Topliss-reactive ketones (excluding diaryl/α,β-unsaturated/α-hetero) is 3. The van der Waals surface area contributed by atoms with Gasteiger partial charge in [0.05, 0.1) is 35.7 Å². The van der Waals surface area contributed by atoms with Crippen LogP contribution >= 0.6 is 0 Å². The van der Waals surface area contributed by atoms with Crippen molar-refractivity contribution in [2.75, 3.05) is 6.61 Å². The molecule has 0 saturated heterocycles. The minimum atomic E-state index is -1.31. The van der Waals surface area contributed by atoms with E-state index in [4.69, 9.17) is 0 Å². The van der Waals surface area contributed by atoms with E-state index >= 15 is 0 Å². The van der Waals surface area contributed by atoms with Crippen molar-refractivity contribution >= 4 is 35.3 Å². The van der Waals surface area contributed by atoms with Gasteiger partial charge in [-0.25, -0.2) is 0 Å². The Labute approximate surface area is 196 Å². The Morgan fingerprint density at radius 3 is 0.833 bits per heavy atom. The summed E-state index contributed by atoms with van der Waals surface area (Å²) in [6.07, 6.45) is 1.86. The van der Waals surface area contributed by atoms with Gasteiger partial charge >= 0.3 is 26.2 Å². The first-order chi connectivity index (χ1) is 13.1. The molecule has 0 aromatic rings. The number of aliphatic carboxylic acids is 3. The summed E-state index contributed by atoms with van der Waals surface area (Å²) in [5.41, 5.74) is 0. The molecule has 0 amide bonds. The molecule has 0 aliphatic carbocycles. The van der Waals surface area contributed by atoms with Gasteiger partial charge in [0.25, 0.3) is 0 Å². The quantitative estimate of drug-likeness (QED) is 0.305. The number of hydrogen-bond donors (Lipinski definition) is 0. The summed E-state index contributed by atoms with van der Waals surface area (Å²) in [6.45, 7) is 9.68. The number of carboxylic acid groups (broad SMARTS) is 3. The average molecular weight is 510 g/mol. The van der Waals surface area contributed by atoms with Gasteiger partial charge < -0.3 is 34.8 Å². The molecule has 0 aromatic carbocycles. The van der Waals surface area contributed by atoms with Gasteiger partial charge in [0, 0.05) is 0 Å². The molecule has 3 unspecified atom stereocenters. The maximum absolute atomic E-state index is 10.2. The maximum atomic E-state index is 10.2. The number of unbranched alkanes of at least 4 members (excludes halogenated alkanes) is 1. The fraction of sp³-hybridized carbons (Fsp3) is 0.684. The minimum Gasteiger partial charge on any atom is -0.854 e. The van der Waals surface area contributed by atoms with Crippen molar-refractivity contribution in [2.45, 2.75) is 61.3 Å². The topological polar surface area (TPSA) is 195 Å². The maximum Gasteiger partial charge on any atom is 4.00 e. The molecule has 0 aromatic heterocycles. The standard InChI is InChI=1S/3C5H8O3.C4H9O.Zr/c3*1-3(4(2)6)5(7)8;1-2-3-4-5;/h3*3H,1-2H3,(H,7,8);2-4H2,1H3;/q;;;-1;+4/p-3. The molecule has 0 aliphatic rings. The van der Waals surface area contributed by atoms with Crippen LogP contribution in [0.25, 0.3) is 0 Å². The van der Waals surface area contributed by atoms with Gasteiger partial charge in [-0.1, -0.05) is 40.5 Å². The third-order valence-electron chi connectivity index (χ3n) is 3.39. The fourth-order valence-corrected chi connectivity index (χ4v) is 0.642. The fourth-order valence-electron chi connectivity index (χ4n) is 0.642. The molecule has 0 bridgehead atoms. The zero-order valence-corrected chi connectivity index (χ0v) is 20.9. The van der Waals surface area contributed by atoms with Crippen molar-refractivity contribution in [3.8, 4) is 0 Å². The van der Waals surface area contributed by atoms with Gasteiger partial charge in [-0.15, -0.1) is 6.61 Å². The van der Waals surface area contributed by atoms with E-state index in [1.165, 1.54) is 41.5 Å². The van der Waals surface area contributed by atoms with Crippen molar-refractivity contribution in [1.82, 2.24) is 0 Å². The van der Waals surface area contributed by atoms with E-state index in [1.54, 1.807) is 0 Å². The second-order valence-electron chi connectivity index (χ2n) is 6.01. The van der Waals surface area contributed by atoms with Crippen molar-refractivity contribution in [1.29, 1.82) is 0 Å². The predicted molar refractivity (Wildman–Crippen MR) is 94.3 cm³/mol. The van der Waals surface area contributed by atoms with Crippen LogP contribution in [0.4, 0.5) is 0 Å². The van der Waals surface area contributed by atoms with E-state index < -0.39 is 35.7 Å². The molecule has 0 radical (unpaired) electrons. The first kappa shape index (κ1) is 38.8. The van der Waals surface area contributed by atoms with Crippen LogP contribution in [0.5, 0.6) is 0 Å². The van der Waals surface area contributed by atoms with Gasteiger partial charge in [-0.2, -0.15) is 0 Å². The van der Waals surface area contributed by atoms with Gasteiger partial charge in [0.1, 0.15) is 17.3 Å². The average Bonchev–Trinajstić information content (AvgIpc) is 2.61. The largest absolute Gasteiger partial charge is 4.00 e. The molecule has 0 rings (SSSR count). The second-order valence-corrected chi connectivity index (χ2v) is 6.01. The number of hydrogen-bond acceptors (Lipinski definition) is 10. The molecule has 0 heterocycles. The first-order valence-electron chi connectivity index (χ1n) is 8.80. The number of ketones is 3. The summed E-state index contributed by atoms with van der Waals surface area (Å²) < 4.78 is 0. The Bertz CT molecular complexity index is 430.